The molecular formula is C62H76N6O11. The Morgan fingerprint density at radius 2 is 0.962 bits per heavy atom. The molecule has 8 rings (SSSR count). The van der Waals surface area contributed by atoms with Crippen molar-refractivity contribution in [3.63, 3.8) is 0 Å². The Balaban J connectivity index is 0.000000224. The predicted molar refractivity (Wildman–Crippen MR) is 304 cm³/mol. The van der Waals surface area contributed by atoms with Crippen LogP contribution < -0.4 is 21.3 Å². The number of rotatable bonds is 15. The molecule has 6 N–H and O–H groups in total. The highest BCUT2D eigenvalue weighted by Crippen LogP contribution is 2.28. The number of aliphatic hydroxyl groups excluding tert-OH is 1. The maximum absolute atomic E-state index is 13.4. The van der Waals surface area contributed by atoms with Gasteiger partial charge in [0.1, 0.15) is 17.8 Å². The number of aliphatic hydroxyl groups is 1. The number of esters is 1. The summed E-state index contributed by atoms with van der Waals surface area (Å²) < 4.78 is 16.2. The summed E-state index contributed by atoms with van der Waals surface area (Å²) in [6, 6.07) is 29.4. The highest BCUT2D eigenvalue weighted by molar-refractivity contribution is 5.99. The van der Waals surface area contributed by atoms with Crippen molar-refractivity contribution >= 4 is 68.9 Å². The van der Waals surface area contributed by atoms with Gasteiger partial charge in [-0.2, -0.15) is 0 Å². The largest absolute Gasteiger partial charge is 0.481 e. The van der Waals surface area contributed by atoms with E-state index in [1.165, 1.54) is 12.8 Å². The molecule has 17 heteroatoms. The third kappa shape index (κ3) is 20.1. The molecule has 2 aliphatic carbocycles. The zero-order valence-corrected chi connectivity index (χ0v) is 46.2. The minimum atomic E-state index is -0.676. The van der Waals surface area contributed by atoms with Gasteiger partial charge in [-0.15, -0.1) is 0 Å². The number of hydrogen-bond acceptors (Lipinski definition) is 12. The first-order valence-corrected chi connectivity index (χ1v) is 27.1. The molecule has 4 aromatic carbocycles. The van der Waals surface area contributed by atoms with E-state index in [0.29, 0.717) is 11.4 Å². The smallest absolute Gasteiger partial charge is 0.407 e. The van der Waals surface area contributed by atoms with Crippen molar-refractivity contribution in [3.05, 3.63) is 144 Å². The minimum Gasteiger partial charge on any atom is -0.481 e. The van der Waals surface area contributed by atoms with Crippen molar-refractivity contribution < 1.29 is 53.2 Å². The van der Waals surface area contributed by atoms with Gasteiger partial charge in [-0.1, -0.05) is 99.2 Å². The number of fused-ring (bicyclic) bond motifs is 2. The molecule has 2 saturated carbocycles. The van der Waals surface area contributed by atoms with E-state index in [9.17, 15) is 33.9 Å². The maximum atomic E-state index is 13.4. The highest BCUT2D eigenvalue weighted by Gasteiger charge is 2.27. The van der Waals surface area contributed by atoms with Crippen LogP contribution in [0.3, 0.4) is 0 Å². The number of pyridine rings is 2. The first-order valence-electron chi connectivity index (χ1n) is 27.1. The number of benzene rings is 4. The maximum Gasteiger partial charge on any atom is 0.407 e. The molecule has 0 saturated heterocycles. The zero-order valence-electron chi connectivity index (χ0n) is 46.2. The molecule has 0 spiro atoms. The Morgan fingerprint density at radius 3 is 1.35 bits per heavy atom. The van der Waals surface area contributed by atoms with Crippen molar-refractivity contribution in [2.45, 2.75) is 142 Å². The summed E-state index contributed by atoms with van der Waals surface area (Å²) in [4.78, 5) is 82.0. The lowest BCUT2D eigenvalue weighted by molar-refractivity contribution is -0.151. The highest BCUT2D eigenvalue weighted by atomic mass is 16.6. The molecule has 0 aliphatic heterocycles. The molecule has 0 radical (unpaired) electrons. The predicted octanol–water partition coefficient (Wildman–Crippen LogP) is 11.7. The van der Waals surface area contributed by atoms with E-state index >= 15 is 0 Å². The summed E-state index contributed by atoms with van der Waals surface area (Å²) in [5, 5.41) is 33.0. The second kappa shape index (κ2) is 29.2. The van der Waals surface area contributed by atoms with Crippen LogP contribution in [0.4, 0.5) is 21.0 Å². The van der Waals surface area contributed by atoms with Crippen LogP contribution in [-0.4, -0.2) is 80.4 Å². The molecule has 2 fully saturated rings. The number of carbonyl (C=O) groups is 6. The number of hydrogen-bond donors (Lipinski definition) is 6. The van der Waals surface area contributed by atoms with Crippen LogP contribution in [-0.2, 0) is 46.6 Å². The van der Waals surface area contributed by atoms with E-state index in [4.69, 9.17) is 19.3 Å². The molecule has 4 amide bonds. The quantitative estimate of drug-likeness (QED) is 0.0414. The van der Waals surface area contributed by atoms with Crippen molar-refractivity contribution in [1.82, 2.24) is 20.6 Å². The Morgan fingerprint density at radius 1 is 0.544 bits per heavy atom. The fourth-order valence-corrected chi connectivity index (χ4v) is 9.17. The van der Waals surface area contributed by atoms with E-state index in [-0.39, 0.29) is 55.9 Å². The summed E-state index contributed by atoms with van der Waals surface area (Å²) in [6.07, 6.45) is 16.1. The zero-order chi connectivity index (χ0) is 57.0. The minimum absolute atomic E-state index is 0.00334. The molecule has 79 heavy (non-hydrogen) atoms. The average Bonchev–Trinajstić information content (AvgIpc) is 3.43. The van der Waals surface area contributed by atoms with Gasteiger partial charge in [-0.25, -0.2) is 9.59 Å². The lowest BCUT2D eigenvalue weighted by Gasteiger charge is -2.22. The van der Waals surface area contributed by atoms with Crippen molar-refractivity contribution in [2.75, 3.05) is 23.7 Å². The number of aromatic nitrogens is 2. The van der Waals surface area contributed by atoms with Gasteiger partial charge in [-0.05, 0) is 137 Å². The van der Waals surface area contributed by atoms with Gasteiger partial charge in [0.2, 0.25) is 11.8 Å². The van der Waals surface area contributed by atoms with Crippen LogP contribution in [0.25, 0.3) is 21.5 Å². The number of nitrogens with zero attached hydrogens (tertiary/aromatic N) is 2. The van der Waals surface area contributed by atoms with Crippen LogP contribution in [0, 0.1) is 11.8 Å². The normalized spacial score (nSPS) is 14.6. The van der Waals surface area contributed by atoms with Crippen LogP contribution >= 0.6 is 0 Å². The summed E-state index contributed by atoms with van der Waals surface area (Å²) in [7, 11) is 0. The van der Waals surface area contributed by atoms with Crippen LogP contribution in [0.1, 0.15) is 140 Å². The van der Waals surface area contributed by atoms with Gasteiger partial charge in [0.15, 0.2) is 0 Å². The first kappa shape index (κ1) is 60.3. The number of anilines is 2. The van der Waals surface area contributed by atoms with Gasteiger partial charge in [0.05, 0.1) is 30.3 Å². The number of ether oxygens (including phenoxy) is 3. The van der Waals surface area contributed by atoms with Gasteiger partial charge in [0.25, 0.3) is 0 Å². The van der Waals surface area contributed by atoms with E-state index in [1.54, 1.807) is 90.6 Å². The Hall–Kier alpha value is -7.92. The first-order chi connectivity index (χ1) is 37.7. The van der Waals surface area contributed by atoms with E-state index in [2.05, 4.69) is 31.2 Å². The SMILES string of the molecule is CC(C)(C)OC(=O)NCC(C(=O)Nc1ccc2cnccc2c1)c1ccc(CO)cc1.CC(C)(C)OC(=O)NCC(C(=O)Nc1ccc2cnccc2c1)c1ccc(COC(=O)C2CCCCC2)cc1.O=C(O)C1CCCCC1. The monoisotopic (exact) mass is 1080 g/mol. The molecule has 2 unspecified atom stereocenters. The van der Waals surface area contributed by atoms with Gasteiger partial charge >= 0.3 is 24.1 Å². The van der Waals surface area contributed by atoms with Gasteiger partial charge in [0, 0.05) is 60.0 Å². The number of nitrogens with one attached hydrogen (secondary N) is 4. The number of carboxylic acids is 1. The second-order valence-corrected chi connectivity index (χ2v) is 22.0. The molecule has 6 aromatic rings. The lowest BCUT2D eigenvalue weighted by atomic mass is 9.89. The number of amides is 4. The molecule has 2 atom stereocenters. The van der Waals surface area contributed by atoms with Gasteiger partial charge < -0.3 is 45.7 Å². The van der Waals surface area contributed by atoms with Crippen molar-refractivity contribution in [1.29, 1.82) is 0 Å². The Labute approximate surface area is 462 Å². The number of carboxylic acid groups (broad SMARTS) is 1. The number of alkyl carbamates (subject to hydrolysis) is 2. The van der Waals surface area contributed by atoms with Crippen LogP contribution in [0.15, 0.2) is 122 Å². The molecule has 17 nitrogen and oxygen atoms in total. The average molecular weight is 1080 g/mol. The second-order valence-electron chi connectivity index (χ2n) is 22.0. The molecular weight excluding hydrogens is 1000 g/mol. The summed E-state index contributed by atoms with van der Waals surface area (Å²) in [6.45, 7) is 10.9. The van der Waals surface area contributed by atoms with E-state index < -0.39 is 41.2 Å². The fraction of sp³-hybridized carbons (Fsp3) is 0.419. The Bertz CT molecular complexity index is 2980. The van der Waals surface area contributed by atoms with Crippen molar-refractivity contribution in [3.8, 4) is 0 Å². The van der Waals surface area contributed by atoms with Crippen molar-refractivity contribution in [2.24, 2.45) is 11.8 Å². The standard InChI is InChI=1S/C31H37N3O5.C24H27N3O4.C7H12O2/c1-31(2,3)39-30(37)33-19-27(28(35)34-26-14-13-25-18-32-16-15-24(25)17-26)22-11-9-21(10-12-22)20-38-29(36)23-7-5-4-6-8-23;1-24(2,3)31-23(30)26-14-21(17-6-4-16(15-28)5-7-17)22(29)27-20-9-8-19-13-25-11-10-18(19)12-20;8-7(9)6-4-2-1-3-5-6/h9-18,23,27H,4-8,19-20H2,1-3H3,(H,33,37)(H,34,35);4-13,21,28H,14-15H2,1-3H3,(H,26,30)(H,27,29);6H,1-5H2,(H,8,9). The fourth-order valence-electron chi connectivity index (χ4n) is 9.17. The van der Waals surface area contributed by atoms with Crippen LogP contribution in [0.2, 0.25) is 0 Å². The third-order valence-corrected chi connectivity index (χ3v) is 13.4. The topological polar surface area (TPSA) is 244 Å². The van der Waals surface area contributed by atoms with E-state index in [0.717, 1.165) is 95.2 Å². The molecule has 2 heterocycles. The number of carbonyl (C=O) groups excluding carboxylic acids is 5. The third-order valence-electron chi connectivity index (χ3n) is 13.4. The lowest BCUT2D eigenvalue weighted by Crippen LogP contribution is -2.37. The van der Waals surface area contributed by atoms with E-state index in [1.807, 2.05) is 72.8 Å². The Kier molecular flexibility index (Phi) is 22.3. The van der Waals surface area contributed by atoms with Gasteiger partial charge in [-0.3, -0.25) is 29.1 Å². The molecule has 2 aliphatic rings. The molecule has 2 aromatic heterocycles. The number of aliphatic carboxylic acids is 1. The summed E-state index contributed by atoms with van der Waals surface area (Å²) in [5.41, 5.74) is 3.02. The molecule has 420 valence electrons. The summed E-state index contributed by atoms with van der Waals surface area (Å²) >= 11 is 0. The molecule has 0 bridgehead atoms. The summed E-state index contributed by atoms with van der Waals surface area (Å²) in [5.74, 6) is -2.62. The van der Waals surface area contributed by atoms with Crippen LogP contribution in [0.5, 0.6) is 0 Å².